The molecule has 0 aromatic heterocycles. The summed E-state index contributed by atoms with van der Waals surface area (Å²) in [7, 11) is 0. The van der Waals surface area contributed by atoms with Crippen LogP contribution in [-0.4, -0.2) is 42.8 Å². The molecule has 1 unspecified atom stereocenters. The molecule has 0 bridgehead atoms. The minimum atomic E-state index is -0.298. The Morgan fingerprint density at radius 3 is 2.70 bits per heavy atom. The number of likely N-dealkylation sites (tertiary alicyclic amines) is 1. The van der Waals surface area contributed by atoms with Crippen LogP contribution in [0.2, 0.25) is 0 Å². The summed E-state index contributed by atoms with van der Waals surface area (Å²) in [4.78, 5) is 25.0. The Morgan fingerprint density at radius 1 is 1.35 bits per heavy atom. The van der Waals surface area contributed by atoms with Crippen molar-refractivity contribution in [1.29, 1.82) is 0 Å². The molecule has 0 aromatic rings. The zero-order valence-electron chi connectivity index (χ0n) is 12.7. The molecule has 1 amide bonds. The third kappa shape index (κ3) is 5.23. The van der Waals surface area contributed by atoms with Gasteiger partial charge in [0, 0.05) is 18.7 Å². The molecule has 1 aliphatic rings. The summed E-state index contributed by atoms with van der Waals surface area (Å²) in [6.07, 6.45) is 4.60. The van der Waals surface area contributed by atoms with Crippen molar-refractivity contribution >= 4 is 12.1 Å². The second-order valence-corrected chi connectivity index (χ2v) is 5.02. The number of hydrogen-bond donors (Lipinski definition) is 0. The third-order valence-electron chi connectivity index (χ3n) is 3.33. The van der Waals surface area contributed by atoms with Gasteiger partial charge < -0.3 is 14.4 Å². The Morgan fingerprint density at radius 2 is 2.10 bits per heavy atom. The van der Waals surface area contributed by atoms with Gasteiger partial charge in [-0.2, -0.15) is 0 Å². The van der Waals surface area contributed by atoms with Gasteiger partial charge in [0.2, 0.25) is 0 Å². The summed E-state index contributed by atoms with van der Waals surface area (Å²) in [5.74, 6) is -0.298. The fourth-order valence-electron chi connectivity index (χ4n) is 2.22. The first kappa shape index (κ1) is 16.5. The molecule has 1 fully saturated rings. The highest BCUT2D eigenvalue weighted by atomic mass is 16.6. The van der Waals surface area contributed by atoms with E-state index in [0.29, 0.717) is 32.6 Å². The minimum absolute atomic E-state index is 0.0542. The number of piperidine rings is 1. The Hall–Kier alpha value is -1.52. The van der Waals surface area contributed by atoms with Gasteiger partial charge in [-0.3, -0.25) is 0 Å². The van der Waals surface area contributed by atoms with Gasteiger partial charge in [0.15, 0.2) is 0 Å². The molecule has 1 rings (SSSR count). The third-order valence-corrected chi connectivity index (χ3v) is 3.33. The van der Waals surface area contributed by atoms with Gasteiger partial charge >= 0.3 is 12.1 Å². The van der Waals surface area contributed by atoms with Crippen molar-refractivity contribution in [1.82, 2.24) is 4.90 Å². The summed E-state index contributed by atoms with van der Waals surface area (Å²) in [5, 5.41) is 0. The molecule has 1 aliphatic heterocycles. The van der Waals surface area contributed by atoms with E-state index in [1.165, 1.54) is 0 Å². The van der Waals surface area contributed by atoms with Gasteiger partial charge in [0.25, 0.3) is 0 Å². The molecule has 114 valence electrons. The van der Waals surface area contributed by atoms with Crippen LogP contribution in [0, 0.1) is 0 Å². The highest BCUT2D eigenvalue weighted by molar-refractivity contribution is 5.82. The number of amides is 1. The SMILES string of the molecule is CCCCOC(=O)N1CC/C(=C/C(=O)OCC)CC1C. The van der Waals surface area contributed by atoms with E-state index < -0.39 is 0 Å². The number of carbonyl (C=O) groups is 2. The van der Waals surface area contributed by atoms with Gasteiger partial charge in [-0.05, 0) is 33.1 Å². The Labute approximate surface area is 120 Å². The molecule has 0 radical (unpaired) electrons. The van der Waals surface area contributed by atoms with E-state index >= 15 is 0 Å². The van der Waals surface area contributed by atoms with Crippen LogP contribution in [0.25, 0.3) is 0 Å². The monoisotopic (exact) mass is 283 g/mol. The average molecular weight is 283 g/mol. The van der Waals surface area contributed by atoms with Gasteiger partial charge in [-0.15, -0.1) is 0 Å². The van der Waals surface area contributed by atoms with Crippen molar-refractivity contribution in [2.24, 2.45) is 0 Å². The van der Waals surface area contributed by atoms with Crippen molar-refractivity contribution in [3.8, 4) is 0 Å². The normalized spacial score (nSPS) is 20.9. The van der Waals surface area contributed by atoms with E-state index in [-0.39, 0.29) is 18.1 Å². The summed E-state index contributed by atoms with van der Waals surface area (Å²) in [6, 6.07) is 0.0542. The molecule has 0 spiro atoms. The van der Waals surface area contributed by atoms with Gasteiger partial charge in [0.1, 0.15) is 0 Å². The smallest absolute Gasteiger partial charge is 0.410 e. The lowest BCUT2D eigenvalue weighted by molar-refractivity contribution is -0.137. The number of rotatable bonds is 5. The molecule has 5 heteroatoms. The molecule has 1 saturated heterocycles. The summed E-state index contributed by atoms with van der Waals surface area (Å²) < 4.78 is 10.1. The second kappa shape index (κ2) is 8.61. The van der Waals surface area contributed by atoms with E-state index in [2.05, 4.69) is 6.92 Å². The zero-order valence-corrected chi connectivity index (χ0v) is 12.7. The van der Waals surface area contributed by atoms with E-state index in [1.807, 2.05) is 6.92 Å². The van der Waals surface area contributed by atoms with Crippen LogP contribution in [0.1, 0.15) is 46.5 Å². The molecule has 1 atom stereocenters. The second-order valence-electron chi connectivity index (χ2n) is 5.02. The predicted molar refractivity (Wildman–Crippen MR) is 76.4 cm³/mol. The first-order chi connectivity index (χ1) is 9.58. The van der Waals surface area contributed by atoms with Crippen molar-refractivity contribution in [2.45, 2.75) is 52.5 Å². The fourth-order valence-corrected chi connectivity index (χ4v) is 2.22. The van der Waals surface area contributed by atoms with Gasteiger partial charge in [0.05, 0.1) is 13.2 Å². The maximum absolute atomic E-state index is 11.9. The number of unbranched alkanes of at least 4 members (excludes halogenated alkanes) is 1. The summed E-state index contributed by atoms with van der Waals surface area (Å²) in [5.41, 5.74) is 1.04. The molecule has 1 heterocycles. The molecule has 20 heavy (non-hydrogen) atoms. The first-order valence-electron chi connectivity index (χ1n) is 7.38. The number of ether oxygens (including phenoxy) is 2. The van der Waals surface area contributed by atoms with Gasteiger partial charge in [-0.1, -0.05) is 18.9 Å². The van der Waals surface area contributed by atoms with E-state index in [1.54, 1.807) is 17.9 Å². The number of esters is 1. The maximum atomic E-state index is 11.9. The van der Waals surface area contributed by atoms with Crippen molar-refractivity contribution in [3.63, 3.8) is 0 Å². The van der Waals surface area contributed by atoms with E-state index in [9.17, 15) is 9.59 Å². The predicted octanol–water partition coefficient (Wildman–Crippen LogP) is 2.90. The quantitative estimate of drug-likeness (QED) is 0.442. The van der Waals surface area contributed by atoms with Crippen LogP contribution in [0.15, 0.2) is 11.6 Å². The van der Waals surface area contributed by atoms with Crippen molar-refractivity contribution < 1.29 is 19.1 Å². The van der Waals surface area contributed by atoms with E-state index in [4.69, 9.17) is 9.47 Å². The molecule has 0 N–H and O–H groups in total. The molecular formula is C15H25NO4. The Bertz CT molecular complexity index is 365. The van der Waals surface area contributed by atoms with Crippen molar-refractivity contribution in [3.05, 3.63) is 11.6 Å². The van der Waals surface area contributed by atoms with Crippen LogP contribution in [-0.2, 0) is 14.3 Å². The molecule has 0 saturated carbocycles. The lowest BCUT2D eigenvalue weighted by Crippen LogP contribution is -2.43. The lowest BCUT2D eigenvalue weighted by Gasteiger charge is -2.33. The topological polar surface area (TPSA) is 55.8 Å². The van der Waals surface area contributed by atoms with Crippen LogP contribution < -0.4 is 0 Å². The Balaban J connectivity index is 2.46. The maximum Gasteiger partial charge on any atom is 0.410 e. The van der Waals surface area contributed by atoms with Crippen molar-refractivity contribution in [2.75, 3.05) is 19.8 Å². The molecule has 5 nitrogen and oxygen atoms in total. The van der Waals surface area contributed by atoms with E-state index in [0.717, 1.165) is 18.4 Å². The summed E-state index contributed by atoms with van der Waals surface area (Å²) >= 11 is 0. The number of nitrogens with zero attached hydrogens (tertiary/aromatic N) is 1. The van der Waals surface area contributed by atoms with Gasteiger partial charge in [-0.25, -0.2) is 9.59 Å². The Kier molecular flexibility index (Phi) is 7.12. The lowest BCUT2D eigenvalue weighted by atomic mass is 9.98. The molecule has 0 aromatic carbocycles. The molecule has 0 aliphatic carbocycles. The standard InChI is InChI=1S/C15H25NO4/c1-4-6-9-20-15(18)16-8-7-13(10-12(16)3)11-14(17)19-5-2/h11-12H,4-10H2,1-3H3/b13-11-. The average Bonchev–Trinajstić information content (AvgIpc) is 2.39. The molecular weight excluding hydrogens is 258 g/mol. The minimum Gasteiger partial charge on any atom is -0.463 e. The van der Waals surface area contributed by atoms with Crippen LogP contribution in [0.5, 0.6) is 0 Å². The largest absolute Gasteiger partial charge is 0.463 e. The highest BCUT2D eigenvalue weighted by Gasteiger charge is 2.27. The van der Waals surface area contributed by atoms with Crippen LogP contribution >= 0.6 is 0 Å². The number of carbonyl (C=O) groups excluding carboxylic acids is 2. The number of hydrogen-bond acceptors (Lipinski definition) is 4. The van der Waals surface area contributed by atoms with Crippen LogP contribution in [0.4, 0.5) is 4.79 Å². The van der Waals surface area contributed by atoms with Crippen LogP contribution in [0.3, 0.4) is 0 Å². The summed E-state index contributed by atoms with van der Waals surface area (Å²) in [6.45, 7) is 7.27. The fraction of sp³-hybridized carbons (Fsp3) is 0.733. The zero-order chi connectivity index (χ0) is 15.0. The highest BCUT2D eigenvalue weighted by Crippen LogP contribution is 2.22. The first-order valence-corrected chi connectivity index (χ1v) is 7.38.